The van der Waals surface area contributed by atoms with E-state index in [1.54, 1.807) is 6.20 Å². The Morgan fingerprint density at radius 3 is 2.88 bits per heavy atom. The summed E-state index contributed by atoms with van der Waals surface area (Å²) in [6.45, 7) is 2.24. The zero-order chi connectivity index (χ0) is 12.3. The van der Waals surface area contributed by atoms with Crippen LogP contribution in [0.15, 0.2) is 16.7 Å². The van der Waals surface area contributed by atoms with Crippen LogP contribution in [-0.2, 0) is 0 Å². The molecule has 1 heterocycles. The highest BCUT2D eigenvalue weighted by Gasteiger charge is 2.21. The molecule has 17 heavy (non-hydrogen) atoms. The van der Waals surface area contributed by atoms with Crippen molar-refractivity contribution in [2.75, 3.05) is 5.32 Å². The zero-order valence-electron chi connectivity index (χ0n) is 10.0. The first kappa shape index (κ1) is 12.8. The van der Waals surface area contributed by atoms with Crippen molar-refractivity contribution in [1.82, 2.24) is 4.98 Å². The smallest absolute Gasteiger partial charge is 0.166 e. The van der Waals surface area contributed by atoms with E-state index in [9.17, 15) is 4.39 Å². The molecule has 0 aromatic carbocycles. The van der Waals surface area contributed by atoms with Crippen molar-refractivity contribution in [3.63, 3.8) is 0 Å². The summed E-state index contributed by atoms with van der Waals surface area (Å²) in [5.74, 6) is 0.685. The van der Waals surface area contributed by atoms with Crippen molar-refractivity contribution in [2.24, 2.45) is 5.92 Å². The van der Waals surface area contributed by atoms with Gasteiger partial charge in [-0.1, -0.05) is 26.2 Å². The Kier molecular flexibility index (Phi) is 4.37. The van der Waals surface area contributed by atoms with E-state index in [1.807, 2.05) is 0 Å². The number of hydrogen-bond donors (Lipinski definition) is 1. The zero-order valence-corrected chi connectivity index (χ0v) is 11.6. The molecule has 1 aliphatic carbocycles. The molecule has 2 nitrogen and oxygen atoms in total. The fourth-order valence-electron chi connectivity index (χ4n) is 2.40. The monoisotopic (exact) mass is 300 g/mol. The van der Waals surface area contributed by atoms with Gasteiger partial charge < -0.3 is 5.32 Å². The van der Waals surface area contributed by atoms with Gasteiger partial charge in [-0.2, -0.15) is 0 Å². The molecular formula is C13H18BrFN2. The Morgan fingerprint density at radius 1 is 1.35 bits per heavy atom. The quantitative estimate of drug-likeness (QED) is 0.821. The largest absolute Gasteiger partial charge is 0.365 e. The number of nitrogens with zero attached hydrogens (tertiary/aromatic N) is 1. The molecule has 0 spiro atoms. The maximum absolute atomic E-state index is 13.7. The first-order valence-electron chi connectivity index (χ1n) is 6.24. The Bertz CT molecular complexity index is 384. The van der Waals surface area contributed by atoms with Gasteiger partial charge in [-0.3, -0.25) is 0 Å². The number of pyridine rings is 1. The lowest BCUT2D eigenvalue weighted by atomic mass is 9.97. The van der Waals surface area contributed by atoms with Crippen molar-refractivity contribution in [3.05, 3.63) is 22.6 Å². The molecule has 1 fully saturated rings. The van der Waals surface area contributed by atoms with Crippen LogP contribution in [0, 0.1) is 11.7 Å². The lowest BCUT2D eigenvalue weighted by Gasteiger charge is -2.23. The van der Waals surface area contributed by atoms with Gasteiger partial charge in [-0.05, 0) is 40.8 Å². The molecule has 0 radical (unpaired) electrons. The maximum atomic E-state index is 13.7. The Hall–Kier alpha value is -0.640. The van der Waals surface area contributed by atoms with Crippen LogP contribution in [0.5, 0.6) is 0 Å². The Balaban J connectivity index is 2.08. The molecule has 1 N–H and O–H groups in total. The van der Waals surface area contributed by atoms with E-state index in [1.165, 1.54) is 31.7 Å². The predicted molar refractivity (Wildman–Crippen MR) is 71.6 cm³/mol. The molecule has 0 bridgehead atoms. The Labute approximate surface area is 110 Å². The van der Waals surface area contributed by atoms with Gasteiger partial charge in [0, 0.05) is 16.7 Å². The van der Waals surface area contributed by atoms with E-state index in [-0.39, 0.29) is 5.82 Å². The topological polar surface area (TPSA) is 24.9 Å². The number of anilines is 1. The fraction of sp³-hybridized carbons (Fsp3) is 0.615. The van der Waals surface area contributed by atoms with E-state index in [0.717, 1.165) is 6.42 Å². The highest BCUT2D eigenvalue weighted by molar-refractivity contribution is 9.10. The van der Waals surface area contributed by atoms with Crippen LogP contribution in [0.25, 0.3) is 0 Å². The van der Waals surface area contributed by atoms with Gasteiger partial charge in [0.05, 0.1) is 0 Å². The summed E-state index contributed by atoms with van der Waals surface area (Å²) in [6.07, 6.45) is 7.76. The number of halogens is 2. The Morgan fingerprint density at radius 2 is 2.12 bits per heavy atom. The van der Waals surface area contributed by atoms with Crippen LogP contribution in [0.3, 0.4) is 0 Å². The van der Waals surface area contributed by atoms with Gasteiger partial charge in [-0.25, -0.2) is 9.37 Å². The lowest BCUT2D eigenvalue weighted by molar-refractivity contribution is 0.453. The first-order valence-corrected chi connectivity index (χ1v) is 7.03. The third-order valence-corrected chi connectivity index (χ3v) is 3.93. The number of hydrogen-bond acceptors (Lipinski definition) is 2. The normalized spacial score (nSPS) is 25.4. The molecule has 1 aliphatic rings. The molecule has 1 saturated carbocycles. The van der Waals surface area contributed by atoms with Gasteiger partial charge in [0.15, 0.2) is 11.6 Å². The summed E-state index contributed by atoms with van der Waals surface area (Å²) < 4.78 is 14.4. The molecule has 0 aliphatic heterocycles. The average Bonchev–Trinajstić information content (AvgIpc) is 2.48. The van der Waals surface area contributed by atoms with Gasteiger partial charge in [0.1, 0.15) is 0 Å². The summed E-state index contributed by atoms with van der Waals surface area (Å²) in [6, 6.07) is 1.80. The van der Waals surface area contributed by atoms with Crippen LogP contribution in [0.1, 0.15) is 39.0 Å². The van der Waals surface area contributed by atoms with E-state index < -0.39 is 0 Å². The maximum Gasteiger partial charge on any atom is 0.166 e. The minimum absolute atomic E-state index is 0.282. The lowest BCUT2D eigenvalue weighted by Crippen LogP contribution is -2.27. The molecule has 2 unspecified atom stereocenters. The minimum atomic E-state index is -0.282. The number of rotatable bonds is 2. The molecule has 94 valence electrons. The van der Waals surface area contributed by atoms with Gasteiger partial charge >= 0.3 is 0 Å². The summed E-state index contributed by atoms with van der Waals surface area (Å²) in [7, 11) is 0. The van der Waals surface area contributed by atoms with Crippen LogP contribution in [0.4, 0.5) is 10.2 Å². The molecule has 4 heteroatoms. The third-order valence-electron chi connectivity index (χ3n) is 3.49. The highest BCUT2D eigenvalue weighted by Crippen LogP contribution is 2.26. The van der Waals surface area contributed by atoms with Gasteiger partial charge in [-0.15, -0.1) is 0 Å². The van der Waals surface area contributed by atoms with Crippen molar-refractivity contribution < 1.29 is 4.39 Å². The molecule has 0 saturated heterocycles. The van der Waals surface area contributed by atoms with Crippen LogP contribution < -0.4 is 5.32 Å². The van der Waals surface area contributed by atoms with E-state index in [2.05, 4.69) is 33.2 Å². The predicted octanol–water partition coefficient (Wildman–Crippen LogP) is 4.36. The summed E-state index contributed by atoms with van der Waals surface area (Å²) in [5, 5.41) is 3.26. The van der Waals surface area contributed by atoms with Crippen LogP contribution in [0.2, 0.25) is 0 Å². The highest BCUT2D eigenvalue weighted by atomic mass is 79.9. The standard InChI is InChI=1S/C13H18BrFN2/c1-9-5-3-2-4-6-12(9)17-13-11(15)7-10(14)8-16-13/h7-9,12H,2-6H2,1H3,(H,16,17). The first-order chi connectivity index (χ1) is 8.16. The fourth-order valence-corrected chi connectivity index (χ4v) is 2.71. The minimum Gasteiger partial charge on any atom is -0.365 e. The van der Waals surface area contributed by atoms with Gasteiger partial charge in [0.2, 0.25) is 0 Å². The number of nitrogens with one attached hydrogen (secondary N) is 1. The van der Waals surface area contributed by atoms with Crippen molar-refractivity contribution in [1.29, 1.82) is 0 Å². The van der Waals surface area contributed by atoms with Crippen LogP contribution in [-0.4, -0.2) is 11.0 Å². The molecular weight excluding hydrogens is 283 g/mol. The average molecular weight is 301 g/mol. The number of aromatic nitrogens is 1. The van der Waals surface area contributed by atoms with Crippen molar-refractivity contribution >= 4 is 21.7 Å². The van der Waals surface area contributed by atoms with E-state index in [0.29, 0.717) is 22.3 Å². The third kappa shape index (κ3) is 3.41. The molecule has 1 aromatic rings. The molecule has 2 atom stereocenters. The SMILES string of the molecule is CC1CCCCCC1Nc1ncc(Br)cc1F. The van der Waals surface area contributed by atoms with Crippen LogP contribution >= 0.6 is 15.9 Å². The summed E-state index contributed by atoms with van der Waals surface area (Å²) in [4.78, 5) is 4.10. The summed E-state index contributed by atoms with van der Waals surface area (Å²) >= 11 is 3.22. The van der Waals surface area contributed by atoms with Crippen molar-refractivity contribution in [3.8, 4) is 0 Å². The van der Waals surface area contributed by atoms with E-state index in [4.69, 9.17) is 0 Å². The second-order valence-corrected chi connectivity index (χ2v) is 5.77. The van der Waals surface area contributed by atoms with Gasteiger partial charge in [0.25, 0.3) is 0 Å². The molecule has 1 aromatic heterocycles. The summed E-state index contributed by atoms with van der Waals surface area (Å²) in [5.41, 5.74) is 0. The molecule has 2 rings (SSSR count). The van der Waals surface area contributed by atoms with Crippen molar-refractivity contribution in [2.45, 2.75) is 45.1 Å². The molecule has 0 amide bonds. The van der Waals surface area contributed by atoms with E-state index >= 15 is 0 Å². The second kappa shape index (κ2) is 5.80. The second-order valence-electron chi connectivity index (χ2n) is 4.85.